The van der Waals surface area contributed by atoms with Crippen molar-refractivity contribution in [3.8, 4) is 0 Å². The monoisotopic (exact) mass is 234 g/mol. The van der Waals surface area contributed by atoms with Gasteiger partial charge in [-0.25, -0.2) is 9.59 Å². The molecule has 5 heteroatoms. The predicted molar refractivity (Wildman–Crippen MR) is 63.4 cm³/mol. The van der Waals surface area contributed by atoms with E-state index < -0.39 is 5.97 Å². The van der Waals surface area contributed by atoms with Crippen LogP contribution in [0.15, 0.2) is 24.3 Å². The number of aromatic carboxylic acids is 1. The summed E-state index contributed by atoms with van der Waals surface area (Å²) in [6, 6.07) is 6.34. The number of carbonyl (C=O) groups excluding carboxylic acids is 1. The van der Waals surface area contributed by atoms with E-state index in [1.54, 1.807) is 21.9 Å². The van der Waals surface area contributed by atoms with Crippen LogP contribution in [0.4, 0.5) is 10.5 Å². The molecule has 0 aromatic heterocycles. The van der Waals surface area contributed by atoms with Gasteiger partial charge in [-0.1, -0.05) is 0 Å². The predicted octanol–water partition coefficient (Wildman–Crippen LogP) is 1.65. The van der Waals surface area contributed by atoms with Crippen LogP contribution in [0, 0.1) is 0 Å². The van der Waals surface area contributed by atoms with Gasteiger partial charge in [0.05, 0.1) is 5.56 Å². The number of amides is 2. The molecule has 17 heavy (non-hydrogen) atoms. The van der Waals surface area contributed by atoms with E-state index in [4.69, 9.17) is 5.11 Å². The molecule has 2 rings (SSSR count). The van der Waals surface area contributed by atoms with Crippen molar-refractivity contribution in [2.75, 3.05) is 24.5 Å². The largest absolute Gasteiger partial charge is 0.478 e. The first-order valence-corrected chi connectivity index (χ1v) is 5.53. The quantitative estimate of drug-likeness (QED) is 0.865. The summed E-state index contributed by atoms with van der Waals surface area (Å²) in [7, 11) is 0. The lowest BCUT2D eigenvalue weighted by Gasteiger charge is -2.17. The van der Waals surface area contributed by atoms with Crippen LogP contribution in [0.5, 0.6) is 0 Å². The Kier molecular flexibility index (Phi) is 2.99. The van der Waals surface area contributed by atoms with Gasteiger partial charge in [-0.15, -0.1) is 0 Å². The van der Waals surface area contributed by atoms with E-state index in [-0.39, 0.29) is 11.6 Å². The number of urea groups is 1. The second-order valence-corrected chi connectivity index (χ2v) is 3.87. The fourth-order valence-corrected chi connectivity index (χ4v) is 1.90. The molecule has 1 aromatic rings. The van der Waals surface area contributed by atoms with E-state index >= 15 is 0 Å². The van der Waals surface area contributed by atoms with Gasteiger partial charge in [0.2, 0.25) is 0 Å². The summed E-state index contributed by atoms with van der Waals surface area (Å²) in [6.45, 7) is 4.01. The van der Waals surface area contributed by atoms with Crippen LogP contribution in [-0.4, -0.2) is 41.6 Å². The number of carboxylic acid groups (broad SMARTS) is 1. The number of likely N-dealkylation sites (N-methyl/N-ethyl adjacent to an activating group) is 1. The van der Waals surface area contributed by atoms with Gasteiger partial charge in [-0.3, -0.25) is 4.90 Å². The Morgan fingerprint density at radius 2 is 1.94 bits per heavy atom. The fourth-order valence-electron chi connectivity index (χ4n) is 1.90. The first-order chi connectivity index (χ1) is 8.13. The first-order valence-electron chi connectivity index (χ1n) is 5.53. The maximum absolute atomic E-state index is 11.9. The molecule has 0 aliphatic carbocycles. The van der Waals surface area contributed by atoms with Crippen LogP contribution in [0.25, 0.3) is 0 Å². The number of hydrogen-bond donors (Lipinski definition) is 1. The number of nitrogens with zero attached hydrogens (tertiary/aromatic N) is 2. The molecule has 5 nitrogen and oxygen atoms in total. The molecule has 0 unspecified atom stereocenters. The molecular weight excluding hydrogens is 220 g/mol. The highest BCUT2D eigenvalue weighted by atomic mass is 16.4. The molecule has 1 aromatic carbocycles. The molecule has 90 valence electrons. The Bertz CT molecular complexity index is 442. The van der Waals surface area contributed by atoms with Gasteiger partial charge < -0.3 is 10.0 Å². The highest BCUT2D eigenvalue weighted by Crippen LogP contribution is 2.20. The highest BCUT2D eigenvalue weighted by molar-refractivity contribution is 5.95. The van der Waals surface area contributed by atoms with Gasteiger partial charge in [0.1, 0.15) is 0 Å². The fraction of sp³-hybridized carbons (Fsp3) is 0.333. The minimum atomic E-state index is -0.959. The maximum atomic E-state index is 11.9. The van der Waals surface area contributed by atoms with E-state index in [2.05, 4.69) is 0 Å². The maximum Gasteiger partial charge on any atom is 0.335 e. The van der Waals surface area contributed by atoms with E-state index in [1.165, 1.54) is 12.1 Å². The highest BCUT2D eigenvalue weighted by Gasteiger charge is 2.28. The standard InChI is InChI=1S/C12H14N2O3/c1-2-13-7-8-14(12(13)17)10-5-3-9(4-6-10)11(15)16/h3-6H,2,7-8H2,1H3,(H,15,16). The molecular formula is C12H14N2O3. The lowest BCUT2D eigenvalue weighted by atomic mass is 10.2. The van der Waals surface area contributed by atoms with Crippen molar-refractivity contribution in [1.29, 1.82) is 0 Å². The molecule has 1 aliphatic heterocycles. The van der Waals surface area contributed by atoms with E-state index in [9.17, 15) is 9.59 Å². The Morgan fingerprint density at radius 3 is 2.41 bits per heavy atom. The van der Waals surface area contributed by atoms with E-state index in [0.717, 1.165) is 12.2 Å². The minimum Gasteiger partial charge on any atom is -0.478 e. The number of benzene rings is 1. The summed E-state index contributed by atoms with van der Waals surface area (Å²) in [4.78, 5) is 26.0. The van der Waals surface area contributed by atoms with Crippen LogP contribution in [0.2, 0.25) is 0 Å². The third-order valence-electron chi connectivity index (χ3n) is 2.90. The SMILES string of the molecule is CCN1CCN(c2ccc(C(=O)O)cc2)C1=O. The molecule has 0 saturated carbocycles. The number of anilines is 1. The van der Waals surface area contributed by atoms with Crippen molar-refractivity contribution in [2.24, 2.45) is 0 Å². The van der Waals surface area contributed by atoms with Crippen molar-refractivity contribution in [1.82, 2.24) is 4.90 Å². The van der Waals surface area contributed by atoms with Crippen LogP contribution in [0.3, 0.4) is 0 Å². The van der Waals surface area contributed by atoms with Crippen molar-refractivity contribution >= 4 is 17.7 Å². The van der Waals surface area contributed by atoms with Crippen LogP contribution in [-0.2, 0) is 0 Å². The van der Waals surface area contributed by atoms with Crippen molar-refractivity contribution < 1.29 is 14.7 Å². The Hall–Kier alpha value is -2.04. The summed E-state index contributed by atoms with van der Waals surface area (Å²) in [5.41, 5.74) is 0.976. The molecule has 0 atom stereocenters. The number of hydrogen-bond acceptors (Lipinski definition) is 2. The van der Waals surface area contributed by atoms with Crippen molar-refractivity contribution in [3.63, 3.8) is 0 Å². The Balaban J connectivity index is 2.18. The Morgan fingerprint density at radius 1 is 1.29 bits per heavy atom. The number of carboxylic acids is 1. The van der Waals surface area contributed by atoms with E-state index in [1.807, 2.05) is 6.92 Å². The minimum absolute atomic E-state index is 0.0180. The summed E-state index contributed by atoms with van der Waals surface area (Å²) >= 11 is 0. The summed E-state index contributed by atoms with van der Waals surface area (Å²) < 4.78 is 0. The topological polar surface area (TPSA) is 60.9 Å². The average Bonchev–Trinajstić information content (AvgIpc) is 2.70. The smallest absolute Gasteiger partial charge is 0.335 e. The zero-order chi connectivity index (χ0) is 12.4. The van der Waals surface area contributed by atoms with Gasteiger partial charge in [0.15, 0.2) is 0 Å². The zero-order valence-corrected chi connectivity index (χ0v) is 9.59. The van der Waals surface area contributed by atoms with Crippen molar-refractivity contribution in [2.45, 2.75) is 6.92 Å². The number of carbonyl (C=O) groups is 2. The van der Waals surface area contributed by atoms with E-state index in [0.29, 0.717) is 13.1 Å². The summed E-state index contributed by atoms with van der Waals surface area (Å²) in [5.74, 6) is -0.959. The molecule has 1 fully saturated rings. The second kappa shape index (κ2) is 4.45. The first kappa shape index (κ1) is 11.4. The second-order valence-electron chi connectivity index (χ2n) is 3.87. The lowest BCUT2D eigenvalue weighted by Crippen LogP contribution is -2.31. The lowest BCUT2D eigenvalue weighted by molar-refractivity contribution is 0.0697. The Labute approximate surface area is 99.3 Å². The third-order valence-corrected chi connectivity index (χ3v) is 2.90. The average molecular weight is 234 g/mol. The molecule has 0 spiro atoms. The zero-order valence-electron chi connectivity index (χ0n) is 9.59. The van der Waals surface area contributed by atoms with Crippen molar-refractivity contribution in [3.05, 3.63) is 29.8 Å². The molecule has 0 radical (unpaired) electrons. The van der Waals surface area contributed by atoms with Crippen LogP contribution < -0.4 is 4.90 Å². The van der Waals surface area contributed by atoms with Gasteiger partial charge in [0, 0.05) is 25.3 Å². The molecule has 1 aliphatic rings. The van der Waals surface area contributed by atoms with Gasteiger partial charge in [-0.2, -0.15) is 0 Å². The van der Waals surface area contributed by atoms with Gasteiger partial charge in [-0.05, 0) is 31.2 Å². The third kappa shape index (κ3) is 2.08. The molecule has 1 N–H and O–H groups in total. The normalized spacial score (nSPS) is 15.5. The van der Waals surface area contributed by atoms with Crippen LogP contribution >= 0.6 is 0 Å². The molecule has 0 bridgehead atoms. The van der Waals surface area contributed by atoms with Crippen LogP contribution in [0.1, 0.15) is 17.3 Å². The summed E-state index contributed by atoms with van der Waals surface area (Å²) in [5, 5.41) is 8.78. The summed E-state index contributed by atoms with van der Waals surface area (Å²) in [6.07, 6.45) is 0. The van der Waals surface area contributed by atoms with Gasteiger partial charge in [0.25, 0.3) is 0 Å². The number of rotatable bonds is 3. The van der Waals surface area contributed by atoms with Gasteiger partial charge >= 0.3 is 12.0 Å². The molecule has 1 saturated heterocycles. The molecule has 1 heterocycles. The molecule has 2 amide bonds.